The van der Waals surface area contributed by atoms with Crippen LogP contribution >= 0.6 is 0 Å². The van der Waals surface area contributed by atoms with Gasteiger partial charge in [-0.3, -0.25) is 5.32 Å². The molecule has 6 heteroatoms. The Labute approximate surface area is 142 Å². The zero-order chi connectivity index (χ0) is 17.6. The van der Waals surface area contributed by atoms with E-state index in [0.29, 0.717) is 24.5 Å². The van der Waals surface area contributed by atoms with Gasteiger partial charge in [-0.25, -0.2) is 4.79 Å². The van der Waals surface area contributed by atoms with Crippen molar-refractivity contribution in [2.24, 2.45) is 0 Å². The number of aliphatic hydroxyl groups is 1. The molecule has 1 heterocycles. The minimum atomic E-state index is -0.345. The summed E-state index contributed by atoms with van der Waals surface area (Å²) in [6, 6.07) is 11.2. The van der Waals surface area contributed by atoms with E-state index >= 15 is 0 Å². The minimum absolute atomic E-state index is 0.0596. The highest BCUT2D eigenvalue weighted by Gasteiger charge is 2.20. The molecule has 0 aliphatic heterocycles. The molecule has 0 bridgehead atoms. The van der Waals surface area contributed by atoms with E-state index in [-0.39, 0.29) is 24.0 Å². The molecule has 130 valence electrons. The van der Waals surface area contributed by atoms with E-state index in [0.717, 1.165) is 5.56 Å². The summed E-state index contributed by atoms with van der Waals surface area (Å²) in [5.74, 6) is 1.15. The van der Waals surface area contributed by atoms with Gasteiger partial charge >= 0.3 is 6.03 Å². The van der Waals surface area contributed by atoms with E-state index in [1.54, 1.807) is 6.07 Å². The lowest BCUT2D eigenvalue weighted by Crippen LogP contribution is -2.32. The Kier molecular flexibility index (Phi) is 5.98. The third-order valence-electron chi connectivity index (χ3n) is 3.75. The number of benzene rings is 1. The summed E-state index contributed by atoms with van der Waals surface area (Å²) >= 11 is 0. The minimum Gasteiger partial charge on any atom is -0.396 e. The Morgan fingerprint density at radius 2 is 2.00 bits per heavy atom. The van der Waals surface area contributed by atoms with Gasteiger partial charge in [0.25, 0.3) is 0 Å². The van der Waals surface area contributed by atoms with Gasteiger partial charge in [-0.15, -0.1) is 0 Å². The summed E-state index contributed by atoms with van der Waals surface area (Å²) < 4.78 is 5.24. The van der Waals surface area contributed by atoms with Crippen LogP contribution in [0.1, 0.15) is 44.4 Å². The topological polar surface area (TPSA) is 87.4 Å². The number of hydrogen-bond donors (Lipinski definition) is 3. The second kappa shape index (κ2) is 7.97. The highest BCUT2D eigenvalue weighted by Crippen LogP contribution is 2.24. The predicted octanol–water partition coefficient (Wildman–Crippen LogP) is 3.26. The number of anilines is 1. The van der Waals surface area contributed by atoms with Gasteiger partial charge in [0.2, 0.25) is 0 Å². The SMILES string of the molecule is CC(C)(C)c1cc(NC(=O)NCC(CCO)c2ccccc2)no1. The van der Waals surface area contributed by atoms with Crippen LogP contribution in [-0.4, -0.2) is 29.4 Å². The second-order valence-corrected chi connectivity index (χ2v) is 6.78. The number of nitrogens with one attached hydrogen (secondary N) is 2. The lowest BCUT2D eigenvalue weighted by atomic mass is 9.93. The summed E-state index contributed by atoms with van der Waals surface area (Å²) in [5, 5.41) is 18.6. The Morgan fingerprint density at radius 1 is 1.29 bits per heavy atom. The molecule has 0 saturated carbocycles. The van der Waals surface area contributed by atoms with Crippen molar-refractivity contribution in [3.05, 3.63) is 47.7 Å². The molecule has 2 amide bonds. The van der Waals surface area contributed by atoms with E-state index in [9.17, 15) is 9.90 Å². The number of urea groups is 1. The fourth-order valence-corrected chi connectivity index (χ4v) is 2.33. The Balaban J connectivity index is 1.90. The van der Waals surface area contributed by atoms with Crippen LogP contribution in [0.4, 0.5) is 10.6 Å². The number of nitrogens with zero attached hydrogens (tertiary/aromatic N) is 1. The molecule has 0 radical (unpaired) electrons. The lowest BCUT2D eigenvalue weighted by Gasteiger charge is -2.17. The number of aromatic nitrogens is 1. The lowest BCUT2D eigenvalue weighted by molar-refractivity contribution is 0.247. The van der Waals surface area contributed by atoms with E-state index in [2.05, 4.69) is 15.8 Å². The molecule has 0 spiro atoms. The first-order valence-corrected chi connectivity index (χ1v) is 8.08. The predicted molar refractivity (Wildman–Crippen MR) is 93.1 cm³/mol. The molecule has 24 heavy (non-hydrogen) atoms. The molecule has 1 aromatic carbocycles. The molecule has 1 aromatic heterocycles. The van der Waals surface area contributed by atoms with E-state index in [4.69, 9.17) is 4.52 Å². The quantitative estimate of drug-likeness (QED) is 0.758. The van der Waals surface area contributed by atoms with E-state index in [1.807, 2.05) is 51.1 Å². The fourth-order valence-electron chi connectivity index (χ4n) is 2.33. The molecular weight excluding hydrogens is 306 g/mol. The van der Waals surface area contributed by atoms with Gasteiger partial charge in [0, 0.05) is 30.6 Å². The van der Waals surface area contributed by atoms with Gasteiger partial charge in [0.1, 0.15) is 5.76 Å². The smallest absolute Gasteiger partial charge is 0.320 e. The summed E-state index contributed by atoms with van der Waals surface area (Å²) in [7, 11) is 0. The van der Waals surface area contributed by atoms with Crippen LogP contribution in [0.25, 0.3) is 0 Å². The molecule has 2 rings (SSSR count). The molecule has 1 unspecified atom stereocenters. The van der Waals surface area contributed by atoms with Gasteiger partial charge in [-0.2, -0.15) is 0 Å². The maximum atomic E-state index is 12.0. The first-order valence-electron chi connectivity index (χ1n) is 8.08. The van der Waals surface area contributed by atoms with Crippen LogP contribution in [0.15, 0.2) is 40.9 Å². The van der Waals surface area contributed by atoms with E-state index < -0.39 is 0 Å². The first kappa shape index (κ1) is 18.0. The van der Waals surface area contributed by atoms with Gasteiger partial charge < -0.3 is 14.9 Å². The van der Waals surface area contributed by atoms with Crippen molar-refractivity contribution in [1.82, 2.24) is 10.5 Å². The molecule has 2 aromatic rings. The molecule has 0 aliphatic carbocycles. The summed E-state index contributed by atoms with van der Waals surface area (Å²) in [5.41, 5.74) is 0.923. The summed E-state index contributed by atoms with van der Waals surface area (Å²) in [4.78, 5) is 12.0. The summed E-state index contributed by atoms with van der Waals surface area (Å²) in [6.45, 7) is 6.53. The van der Waals surface area contributed by atoms with Gasteiger partial charge in [-0.1, -0.05) is 56.3 Å². The van der Waals surface area contributed by atoms with Crippen molar-refractivity contribution >= 4 is 11.8 Å². The number of carbonyl (C=O) groups excluding carboxylic acids is 1. The van der Waals surface area contributed by atoms with Crippen molar-refractivity contribution in [3.8, 4) is 0 Å². The molecular formula is C18H25N3O3. The number of aliphatic hydroxyl groups excluding tert-OH is 1. The van der Waals surface area contributed by atoms with Crippen LogP contribution in [0.5, 0.6) is 0 Å². The zero-order valence-corrected chi connectivity index (χ0v) is 14.4. The third kappa shape index (κ3) is 5.09. The standard InChI is InChI=1S/C18H25N3O3/c1-18(2,3)15-11-16(21-24-15)20-17(23)19-12-14(9-10-22)13-7-5-4-6-8-13/h4-8,11,14,22H,9-10,12H2,1-3H3,(H2,19,20,21,23). The molecule has 0 saturated heterocycles. The van der Waals surface area contributed by atoms with Gasteiger partial charge in [0.15, 0.2) is 5.82 Å². The average molecular weight is 331 g/mol. The number of rotatable bonds is 6. The molecule has 1 atom stereocenters. The number of amides is 2. The van der Waals surface area contributed by atoms with Crippen LogP contribution in [0, 0.1) is 0 Å². The highest BCUT2D eigenvalue weighted by atomic mass is 16.5. The van der Waals surface area contributed by atoms with Crippen molar-refractivity contribution in [2.45, 2.75) is 38.5 Å². The van der Waals surface area contributed by atoms with Crippen LogP contribution in [-0.2, 0) is 5.41 Å². The molecule has 0 aliphatic rings. The Morgan fingerprint density at radius 3 is 2.58 bits per heavy atom. The normalized spacial score (nSPS) is 12.7. The van der Waals surface area contributed by atoms with Gasteiger partial charge in [0.05, 0.1) is 0 Å². The average Bonchev–Trinajstić information content (AvgIpc) is 3.01. The summed E-state index contributed by atoms with van der Waals surface area (Å²) in [6.07, 6.45) is 0.586. The third-order valence-corrected chi connectivity index (χ3v) is 3.75. The largest absolute Gasteiger partial charge is 0.396 e. The van der Waals surface area contributed by atoms with E-state index in [1.165, 1.54) is 0 Å². The van der Waals surface area contributed by atoms with Crippen LogP contribution < -0.4 is 10.6 Å². The Bertz CT molecular complexity index is 647. The molecule has 6 nitrogen and oxygen atoms in total. The fraction of sp³-hybridized carbons (Fsp3) is 0.444. The molecule has 0 fully saturated rings. The monoisotopic (exact) mass is 331 g/mol. The Hall–Kier alpha value is -2.34. The number of carbonyl (C=O) groups is 1. The van der Waals surface area contributed by atoms with Crippen molar-refractivity contribution in [3.63, 3.8) is 0 Å². The van der Waals surface area contributed by atoms with Crippen LogP contribution in [0.2, 0.25) is 0 Å². The van der Waals surface area contributed by atoms with Crippen molar-refractivity contribution in [2.75, 3.05) is 18.5 Å². The van der Waals surface area contributed by atoms with Crippen molar-refractivity contribution < 1.29 is 14.4 Å². The second-order valence-electron chi connectivity index (χ2n) is 6.78. The van der Waals surface area contributed by atoms with Gasteiger partial charge in [-0.05, 0) is 12.0 Å². The van der Waals surface area contributed by atoms with Crippen LogP contribution in [0.3, 0.4) is 0 Å². The molecule has 3 N–H and O–H groups in total. The zero-order valence-electron chi connectivity index (χ0n) is 14.4. The highest BCUT2D eigenvalue weighted by molar-refractivity contribution is 5.88. The maximum Gasteiger partial charge on any atom is 0.320 e. The van der Waals surface area contributed by atoms with Crippen molar-refractivity contribution in [1.29, 1.82) is 0 Å². The number of hydrogen-bond acceptors (Lipinski definition) is 4. The first-order chi connectivity index (χ1) is 11.4. The maximum absolute atomic E-state index is 12.0.